The van der Waals surface area contributed by atoms with Gasteiger partial charge in [0.2, 0.25) is 0 Å². The molecule has 1 aromatic carbocycles. The summed E-state index contributed by atoms with van der Waals surface area (Å²) >= 11 is 0. The Morgan fingerprint density at radius 2 is 1.88 bits per heavy atom. The van der Waals surface area contributed by atoms with E-state index < -0.39 is 0 Å². The molecule has 0 aliphatic heterocycles. The second kappa shape index (κ2) is 4.38. The van der Waals surface area contributed by atoms with Crippen LogP contribution in [0.25, 0.3) is 0 Å². The van der Waals surface area contributed by atoms with E-state index in [9.17, 15) is 0 Å². The van der Waals surface area contributed by atoms with Gasteiger partial charge in [0.15, 0.2) is 0 Å². The predicted octanol–water partition coefficient (Wildman–Crippen LogP) is 3.05. The van der Waals surface area contributed by atoms with E-state index in [0.29, 0.717) is 0 Å². The summed E-state index contributed by atoms with van der Waals surface area (Å²) in [4.78, 5) is 7.34. The van der Waals surface area contributed by atoms with Crippen LogP contribution in [0.4, 0.5) is 0 Å². The zero-order chi connectivity index (χ0) is 11.0. The number of hydrogen-bond acceptors (Lipinski definition) is 1. The zero-order valence-electron chi connectivity index (χ0n) is 9.52. The van der Waals surface area contributed by atoms with E-state index in [1.807, 2.05) is 6.20 Å². The number of fused-ring (bicyclic) bond motifs is 1. The Morgan fingerprint density at radius 1 is 1.24 bits per heavy atom. The molecule has 1 N–H and O–H groups in total. The molecule has 2 aromatic rings. The molecule has 0 saturated heterocycles. The zero-order valence-corrected chi connectivity index (χ0v) is 10.3. The van der Waals surface area contributed by atoms with E-state index in [1.165, 1.54) is 16.8 Å². The van der Waals surface area contributed by atoms with Crippen molar-refractivity contribution in [3.63, 3.8) is 0 Å². The molecule has 0 bridgehead atoms. The number of halogens is 1. The first-order valence-corrected chi connectivity index (χ1v) is 5.53. The summed E-state index contributed by atoms with van der Waals surface area (Å²) < 4.78 is 0. The summed E-state index contributed by atoms with van der Waals surface area (Å²) in [6, 6.07) is 8.61. The van der Waals surface area contributed by atoms with Crippen LogP contribution in [0.1, 0.15) is 16.8 Å². The van der Waals surface area contributed by atoms with E-state index in [4.69, 9.17) is 0 Å². The molecule has 0 atom stereocenters. The lowest BCUT2D eigenvalue weighted by Crippen LogP contribution is -2.24. The summed E-state index contributed by atoms with van der Waals surface area (Å²) in [5.41, 5.74) is 4.04. The van der Waals surface area contributed by atoms with Crippen molar-refractivity contribution in [2.45, 2.75) is 18.3 Å². The number of imidazole rings is 1. The smallest absolute Gasteiger partial charge is 0.0922 e. The lowest BCUT2D eigenvalue weighted by atomic mass is 9.82. The molecule has 1 aliphatic carbocycles. The molecule has 1 aliphatic rings. The number of hydrogen-bond donors (Lipinski definition) is 1. The Morgan fingerprint density at radius 3 is 2.35 bits per heavy atom. The van der Waals surface area contributed by atoms with Gasteiger partial charge in [-0.15, -0.1) is 19.0 Å². The van der Waals surface area contributed by atoms with Crippen molar-refractivity contribution >= 4 is 12.4 Å². The third kappa shape index (κ3) is 1.79. The first kappa shape index (κ1) is 11.9. The highest BCUT2D eigenvalue weighted by Crippen LogP contribution is 2.39. The Hall–Kier alpha value is -1.54. The molecule has 0 radical (unpaired) electrons. The molecule has 3 heteroatoms. The van der Waals surface area contributed by atoms with Gasteiger partial charge in [-0.3, -0.25) is 0 Å². The molecule has 0 unspecified atom stereocenters. The van der Waals surface area contributed by atoms with E-state index in [-0.39, 0.29) is 17.8 Å². The van der Waals surface area contributed by atoms with Crippen LogP contribution in [0.3, 0.4) is 0 Å². The van der Waals surface area contributed by atoms with Crippen molar-refractivity contribution in [3.8, 4) is 0 Å². The number of aromatic nitrogens is 2. The summed E-state index contributed by atoms with van der Waals surface area (Å²) in [5, 5.41) is 0. The third-order valence-corrected chi connectivity index (χ3v) is 3.56. The molecule has 1 aromatic heterocycles. The highest BCUT2D eigenvalue weighted by Gasteiger charge is 2.36. The predicted molar refractivity (Wildman–Crippen MR) is 71.6 cm³/mol. The summed E-state index contributed by atoms with van der Waals surface area (Å²) in [5.74, 6) is 0. The van der Waals surface area contributed by atoms with Gasteiger partial charge in [0, 0.05) is 17.3 Å². The fourth-order valence-corrected chi connectivity index (χ4v) is 2.62. The maximum absolute atomic E-state index is 4.12. The fourth-order valence-electron chi connectivity index (χ4n) is 2.62. The van der Waals surface area contributed by atoms with E-state index in [2.05, 4.69) is 46.9 Å². The van der Waals surface area contributed by atoms with Crippen LogP contribution in [0.5, 0.6) is 0 Å². The van der Waals surface area contributed by atoms with Gasteiger partial charge >= 0.3 is 0 Å². The van der Waals surface area contributed by atoms with Gasteiger partial charge in [0.25, 0.3) is 0 Å². The maximum atomic E-state index is 4.12. The molecule has 0 fully saturated rings. The largest absolute Gasteiger partial charge is 0.348 e. The highest BCUT2D eigenvalue weighted by molar-refractivity contribution is 5.85. The normalized spacial score (nSPS) is 16.0. The minimum Gasteiger partial charge on any atom is -0.348 e. The van der Waals surface area contributed by atoms with Crippen molar-refractivity contribution in [2.24, 2.45) is 0 Å². The monoisotopic (exact) mass is 246 g/mol. The van der Waals surface area contributed by atoms with Crippen LogP contribution in [0, 0.1) is 0 Å². The average molecular weight is 247 g/mol. The molecular formula is C14H15ClN2. The number of nitrogens with one attached hydrogen (secondary N) is 1. The first-order valence-electron chi connectivity index (χ1n) is 5.53. The van der Waals surface area contributed by atoms with Gasteiger partial charge in [-0.05, 0) is 24.0 Å². The lowest BCUT2D eigenvalue weighted by Gasteiger charge is -2.22. The summed E-state index contributed by atoms with van der Waals surface area (Å²) in [6.07, 6.45) is 7.75. The fraction of sp³-hybridized carbons (Fsp3) is 0.214. The molecule has 0 saturated carbocycles. The maximum Gasteiger partial charge on any atom is 0.0922 e. The first-order chi connectivity index (χ1) is 7.84. The van der Waals surface area contributed by atoms with Crippen molar-refractivity contribution in [2.75, 3.05) is 0 Å². The number of benzene rings is 1. The van der Waals surface area contributed by atoms with Crippen LogP contribution >= 0.6 is 12.4 Å². The molecule has 2 nitrogen and oxygen atoms in total. The Balaban J connectivity index is 0.00000108. The second-order valence-electron chi connectivity index (χ2n) is 4.45. The summed E-state index contributed by atoms with van der Waals surface area (Å²) in [7, 11) is 0. The molecule has 1 heterocycles. The van der Waals surface area contributed by atoms with Crippen molar-refractivity contribution in [3.05, 3.63) is 66.3 Å². The van der Waals surface area contributed by atoms with Gasteiger partial charge in [-0.25, -0.2) is 4.98 Å². The SMILES string of the molecule is C=CC1(c2cnc[nH]2)Cc2ccccc2C1.Cl. The number of aromatic amines is 1. The van der Waals surface area contributed by atoms with Crippen LogP contribution in [0.15, 0.2) is 49.4 Å². The molecule has 3 rings (SSSR count). The Labute approximate surface area is 107 Å². The minimum atomic E-state index is 0. The van der Waals surface area contributed by atoms with Gasteiger partial charge in [-0.2, -0.15) is 0 Å². The van der Waals surface area contributed by atoms with Gasteiger partial charge in [0.05, 0.1) is 6.33 Å². The van der Waals surface area contributed by atoms with Crippen LogP contribution in [0.2, 0.25) is 0 Å². The quantitative estimate of drug-likeness (QED) is 0.811. The molecule has 88 valence electrons. The van der Waals surface area contributed by atoms with E-state index in [0.717, 1.165) is 12.8 Å². The average Bonchev–Trinajstić information content (AvgIpc) is 2.96. The minimum absolute atomic E-state index is 0. The van der Waals surface area contributed by atoms with E-state index in [1.54, 1.807) is 6.33 Å². The molecule has 0 spiro atoms. The number of nitrogens with zero attached hydrogens (tertiary/aromatic N) is 1. The van der Waals surface area contributed by atoms with Gasteiger partial charge in [0.1, 0.15) is 0 Å². The standard InChI is InChI=1S/C14H14N2.ClH/c1-2-14(13-9-15-10-16-13)7-11-5-3-4-6-12(11)8-14;/h2-6,9-10H,1,7-8H2,(H,15,16);1H. The van der Waals surface area contributed by atoms with Crippen molar-refractivity contribution in [1.29, 1.82) is 0 Å². The van der Waals surface area contributed by atoms with Gasteiger partial charge < -0.3 is 4.98 Å². The topological polar surface area (TPSA) is 28.7 Å². The molecule has 17 heavy (non-hydrogen) atoms. The lowest BCUT2D eigenvalue weighted by molar-refractivity contribution is 0.557. The van der Waals surface area contributed by atoms with Crippen LogP contribution in [-0.4, -0.2) is 9.97 Å². The highest BCUT2D eigenvalue weighted by atomic mass is 35.5. The Bertz CT molecular complexity index is 492. The molecule has 0 amide bonds. The van der Waals surface area contributed by atoms with E-state index >= 15 is 0 Å². The van der Waals surface area contributed by atoms with Crippen LogP contribution in [-0.2, 0) is 18.3 Å². The third-order valence-electron chi connectivity index (χ3n) is 3.56. The number of rotatable bonds is 2. The van der Waals surface area contributed by atoms with Crippen molar-refractivity contribution < 1.29 is 0 Å². The van der Waals surface area contributed by atoms with Crippen molar-refractivity contribution in [1.82, 2.24) is 9.97 Å². The number of allylic oxidation sites excluding steroid dienone is 1. The summed E-state index contributed by atoms with van der Waals surface area (Å²) in [6.45, 7) is 4.01. The number of H-pyrrole nitrogens is 1. The van der Waals surface area contributed by atoms with Crippen LogP contribution < -0.4 is 0 Å². The molecular weight excluding hydrogens is 232 g/mol. The Kier molecular flexibility index (Phi) is 3.07. The second-order valence-corrected chi connectivity index (χ2v) is 4.45. The van der Waals surface area contributed by atoms with Gasteiger partial charge in [-0.1, -0.05) is 30.3 Å².